The van der Waals surface area contributed by atoms with Crippen LogP contribution < -0.4 is 4.72 Å². The molecule has 0 unspecified atom stereocenters. The Labute approximate surface area is 113 Å². The lowest BCUT2D eigenvalue weighted by Crippen LogP contribution is -2.42. The SMILES string of the molecule is CCC(C)(C)NS(=O)(=O)c1cc(Cl)c(Br)s1. The van der Waals surface area contributed by atoms with Crippen molar-refractivity contribution in [1.82, 2.24) is 4.72 Å². The minimum Gasteiger partial charge on any atom is -0.206 e. The van der Waals surface area contributed by atoms with Gasteiger partial charge in [-0.1, -0.05) is 18.5 Å². The first kappa shape index (κ1) is 14.4. The monoisotopic (exact) mass is 345 g/mol. The maximum absolute atomic E-state index is 12.0. The Morgan fingerprint density at radius 3 is 2.50 bits per heavy atom. The standard InChI is InChI=1S/C9H13BrClNO2S2/c1-4-9(2,3)12-16(13,14)7-5-6(11)8(10)15-7/h5,12H,4H2,1-3H3. The molecule has 1 rings (SSSR count). The van der Waals surface area contributed by atoms with E-state index >= 15 is 0 Å². The molecule has 0 aliphatic rings. The molecular formula is C9H13BrClNO2S2. The van der Waals surface area contributed by atoms with Gasteiger partial charge in [0.05, 0.1) is 8.81 Å². The van der Waals surface area contributed by atoms with Crippen molar-refractivity contribution in [2.45, 2.75) is 36.9 Å². The van der Waals surface area contributed by atoms with Gasteiger partial charge in [-0.05, 0) is 42.3 Å². The fourth-order valence-corrected chi connectivity index (χ4v) is 4.83. The van der Waals surface area contributed by atoms with Crippen molar-refractivity contribution in [1.29, 1.82) is 0 Å². The largest absolute Gasteiger partial charge is 0.250 e. The zero-order valence-electron chi connectivity index (χ0n) is 9.17. The lowest BCUT2D eigenvalue weighted by molar-refractivity contribution is 0.440. The molecule has 0 fully saturated rings. The van der Waals surface area contributed by atoms with Crippen LogP contribution in [0.2, 0.25) is 5.02 Å². The first-order valence-corrected chi connectivity index (χ1v) is 8.14. The molecule has 0 bridgehead atoms. The summed E-state index contributed by atoms with van der Waals surface area (Å²) >= 11 is 10.1. The Balaban J connectivity index is 3.04. The highest BCUT2D eigenvalue weighted by Gasteiger charge is 2.26. The highest BCUT2D eigenvalue weighted by atomic mass is 79.9. The predicted octanol–water partition coefficient (Wildman–Crippen LogP) is 3.63. The number of sulfonamides is 1. The summed E-state index contributed by atoms with van der Waals surface area (Å²) in [5.74, 6) is 0. The smallest absolute Gasteiger partial charge is 0.206 e. The van der Waals surface area contributed by atoms with Gasteiger partial charge < -0.3 is 0 Å². The average Bonchev–Trinajstić information content (AvgIpc) is 2.46. The van der Waals surface area contributed by atoms with Crippen LogP contribution in [-0.4, -0.2) is 14.0 Å². The zero-order valence-corrected chi connectivity index (χ0v) is 13.1. The number of rotatable bonds is 4. The molecule has 1 heterocycles. The Morgan fingerprint density at radius 2 is 2.12 bits per heavy atom. The van der Waals surface area contributed by atoms with E-state index in [9.17, 15) is 8.42 Å². The first-order valence-electron chi connectivity index (χ1n) is 4.67. The van der Waals surface area contributed by atoms with Gasteiger partial charge in [-0.2, -0.15) is 0 Å². The average molecular weight is 347 g/mol. The number of nitrogens with one attached hydrogen (secondary N) is 1. The van der Waals surface area contributed by atoms with E-state index < -0.39 is 15.6 Å². The van der Waals surface area contributed by atoms with E-state index in [4.69, 9.17) is 11.6 Å². The summed E-state index contributed by atoms with van der Waals surface area (Å²) < 4.78 is 27.5. The molecule has 3 nitrogen and oxygen atoms in total. The summed E-state index contributed by atoms with van der Waals surface area (Å²) in [7, 11) is -3.48. The molecule has 0 radical (unpaired) electrons. The van der Waals surface area contributed by atoms with Crippen molar-refractivity contribution in [3.05, 3.63) is 14.9 Å². The van der Waals surface area contributed by atoms with Crippen molar-refractivity contribution in [3.63, 3.8) is 0 Å². The number of halogens is 2. The number of hydrogen-bond donors (Lipinski definition) is 1. The molecule has 1 aromatic heterocycles. The van der Waals surface area contributed by atoms with Gasteiger partial charge in [0.25, 0.3) is 10.0 Å². The Hall–Kier alpha value is 0.380. The van der Waals surface area contributed by atoms with Crippen LogP contribution in [0.4, 0.5) is 0 Å². The van der Waals surface area contributed by atoms with Crippen molar-refractivity contribution < 1.29 is 8.42 Å². The van der Waals surface area contributed by atoms with Gasteiger partial charge in [-0.25, -0.2) is 13.1 Å². The van der Waals surface area contributed by atoms with E-state index in [0.29, 0.717) is 15.2 Å². The van der Waals surface area contributed by atoms with Crippen molar-refractivity contribution in [2.75, 3.05) is 0 Å². The zero-order chi connectivity index (χ0) is 12.6. The van der Waals surface area contributed by atoms with E-state index in [2.05, 4.69) is 20.7 Å². The Kier molecular flexibility index (Phi) is 4.46. The molecule has 0 aliphatic heterocycles. The molecule has 0 saturated carbocycles. The molecule has 7 heteroatoms. The van der Waals surface area contributed by atoms with Crippen LogP contribution in [0.3, 0.4) is 0 Å². The van der Waals surface area contributed by atoms with E-state index in [1.165, 1.54) is 6.07 Å². The molecule has 0 spiro atoms. The Morgan fingerprint density at radius 1 is 1.56 bits per heavy atom. The first-order chi connectivity index (χ1) is 7.18. The van der Waals surface area contributed by atoms with Crippen LogP contribution >= 0.6 is 38.9 Å². The van der Waals surface area contributed by atoms with Crippen LogP contribution in [0, 0.1) is 0 Å². The third-order valence-electron chi connectivity index (χ3n) is 2.18. The maximum Gasteiger partial charge on any atom is 0.250 e. The highest BCUT2D eigenvalue weighted by molar-refractivity contribution is 9.11. The van der Waals surface area contributed by atoms with Gasteiger partial charge in [0.15, 0.2) is 0 Å². The van der Waals surface area contributed by atoms with E-state index in [0.717, 1.165) is 11.3 Å². The van der Waals surface area contributed by atoms with Gasteiger partial charge >= 0.3 is 0 Å². The quantitative estimate of drug-likeness (QED) is 0.905. The highest BCUT2D eigenvalue weighted by Crippen LogP contribution is 2.34. The van der Waals surface area contributed by atoms with Crippen LogP contribution in [-0.2, 0) is 10.0 Å². The van der Waals surface area contributed by atoms with Crippen molar-refractivity contribution in [3.8, 4) is 0 Å². The summed E-state index contributed by atoms with van der Waals surface area (Å²) in [5, 5.41) is 0.416. The molecule has 16 heavy (non-hydrogen) atoms. The van der Waals surface area contributed by atoms with Crippen LogP contribution in [0.25, 0.3) is 0 Å². The van der Waals surface area contributed by atoms with Crippen LogP contribution in [0.15, 0.2) is 14.1 Å². The molecule has 0 aliphatic carbocycles. The second-order valence-corrected chi connectivity index (χ2v) is 8.72. The Bertz CT molecular complexity index is 462. The fourth-order valence-electron chi connectivity index (χ4n) is 0.945. The molecular weight excluding hydrogens is 334 g/mol. The van der Waals surface area contributed by atoms with E-state index in [1.807, 2.05) is 20.8 Å². The van der Waals surface area contributed by atoms with Crippen molar-refractivity contribution >= 4 is 48.9 Å². The summed E-state index contributed by atoms with van der Waals surface area (Å²) in [5.41, 5.74) is -0.457. The van der Waals surface area contributed by atoms with Gasteiger partial charge in [0.2, 0.25) is 0 Å². The fraction of sp³-hybridized carbons (Fsp3) is 0.556. The van der Waals surface area contributed by atoms with E-state index in [-0.39, 0.29) is 4.21 Å². The predicted molar refractivity (Wildman–Crippen MR) is 71.7 cm³/mol. The van der Waals surface area contributed by atoms with Gasteiger partial charge in [0.1, 0.15) is 4.21 Å². The van der Waals surface area contributed by atoms with Crippen molar-refractivity contribution in [2.24, 2.45) is 0 Å². The third-order valence-corrected chi connectivity index (χ3v) is 6.83. The van der Waals surface area contributed by atoms with E-state index in [1.54, 1.807) is 0 Å². The summed E-state index contributed by atoms with van der Waals surface area (Å²) in [6, 6.07) is 1.45. The molecule has 0 amide bonds. The minimum absolute atomic E-state index is 0.228. The van der Waals surface area contributed by atoms with Crippen LogP contribution in [0.5, 0.6) is 0 Å². The maximum atomic E-state index is 12.0. The second kappa shape index (κ2) is 4.94. The second-order valence-electron chi connectivity index (χ2n) is 4.03. The molecule has 1 aromatic rings. The van der Waals surface area contributed by atoms with Gasteiger partial charge in [-0.3, -0.25) is 0 Å². The number of hydrogen-bond acceptors (Lipinski definition) is 3. The third kappa shape index (κ3) is 3.43. The summed E-state index contributed by atoms with van der Waals surface area (Å²) in [6.07, 6.45) is 0.715. The van der Waals surface area contributed by atoms with Gasteiger partial charge in [0, 0.05) is 5.54 Å². The molecule has 92 valence electrons. The normalized spacial score (nSPS) is 13.1. The topological polar surface area (TPSA) is 46.2 Å². The summed E-state index contributed by atoms with van der Waals surface area (Å²) in [4.78, 5) is 0. The number of thiophene rings is 1. The van der Waals surface area contributed by atoms with Gasteiger partial charge in [-0.15, -0.1) is 11.3 Å². The molecule has 0 atom stereocenters. The minimum atomic E-state index is -3.48. The molecule has 0 saturated heterocycles. The molecule has 1 N–H and O–H groups in total. The lowest BCUT2D eigenvalue weighted by atomic mass is 10.0. The molecule has 0 aromatic carbocycles. The van der Waals surface area contributed by atoms with Crippen LogP contribution in [0.1, 0.15) is 27.2 Å². The summed E-state index contributed by atoms with van der Waals surface area (Å²) in [6.45, 7) is 5.61. The lowest BCUT2D eigenvalue weighted by Gasteiger charge is -2.23.